The highest BCUT2D eigenvalue weighted by atomic mass is 16.4. The summed E-state index contributed by atoms with van der Waals surface area (Å²) in [5.74, 6) is 1.36. The topological polar surface area (TPSA) is 52.0 Å². The number of nitrogens with two attached hydrogens (primary N) is 1. The van der Waals surface area contributed by atoms with Crippen molar-refractivity contribution in [3.63, 3.8) is 0 Å². The van der Waals surface area contributed by atoms with Crippen molar-refractivity contribution in [1.29, 1.82) is 0 Å². The highest BCUT2D eigenvalue weighted by Gasteiger charge is 2.07. The van der Waals surface area contributed by atoms with Gasteiger partial charge in [-0.2, -0.15) is 0 Å². The first-order valence-corrected chi connectivity index (χ1v) is 4.93. The molecular formula is C12H14N2O. The van der Waals surface area contributed by atoms with Crippen LogP contribution in [0.3, 0.4) is 0 Å². The van der Waals surface area contributed by atoms with Gasteiger partial charge in [0.1, 0.15) is 0 Å². The Morgan fingerprint density at radius 2 is 2.13 bits per heavy atom. The molecule has 2 N–H and O–H groups in total. The molecule has 1 aromatic carbocycles. The summed E-state index contributed by atoms with van der Waals surface area (Å²) in [5.41, 5.74) is 8.93. The fourth-order valence-electron chi connectivity index (χ4n) is 1.53. The summed E-state index contributed by atoms with van der Waals surface area (Å²) in [7, 11) is 0. The van der Waals surface area contributed by atoms with Crippen LogP contribution in [0.1, 0.15) is 17.0 Å². The van der Waals surface area contributed by atoms with Crippen molar-refractivity contribution >= 4 is 0 Å². The Bertz CT molecular complexity index is 474. The SMILES string of the molecule is Cc1ccc(C)c(-c2cnc(CN)o2)c1. The summed E-state index contributed by atoms with van der Waals surface area (Å²) in [6.07, 6.45) is 1.73. The molecule has 0 radical (unpaired) electrons. The number of hydrogen-bond acceptors (Lipinski definition) is 3. The number of hydrogen-bond donors (Lipinski definition) is 1. The smallest absolute Gasteiger partial charge is 0.208 e. The maximum atomic E-state index is 5.52. The largest absolute Gasteiger partial charge is 0.439 e. The molecule has 1 heterocycles. The molecule has 0 saturated heterocycles. The van der Waals surface area contributed by atoms with Gasteiger partial charge in [0.05, 0.1) is 12.7 Å². The molecule has 0 fully saturated rings. The minimum Gasteiger partial charge on any atom is -0.439 e. The second-order valence-electron chi connectivity index (χ2n) is 3.64. The number of oxazole rings is 1. The predicted octanol–water partition coefficient (Wildman–Crippen LogP) is 2.42. The van der Waals surface area contributed by atoms with Gasteiger partial charge < -0.3 is 10.2 Å². The van der Waals surface area contributed by atoms with E-state index in [1.807, 2.05) is 0 Å². The van der Waals surface area contributed by atoms with Crippen LogP contribution in [0.2, 0.25) is 0 Å². The van der Waals surface area contributed by atoms with E-state index in [2.05, 4.69) is 37.0 Å². The summed E-state index contributed by atoms with van der Waals surface area (Å²) in [5, 5.41) is 0. The zero-order valence-electron chi connectivity index (χ0n) is 8.95. The minimum absolute atomic E-state index is 0.338. The normalized spacial score (nSPS) is 10.6. The summed E-state index contributed by atoms with van der Waals surface area (Å²) < 4.78 is 5.52. The highest BCUT2D eigenvalue weighted by Crippen LogP contribution is 2.24. The van der Waals surface area contributed by atoms with Gasteiger partial charge in [0, 0.05) is 5.56 Å². The average molecular weight is 202 g/mol. The van der Waals surface area contributed by atoms with Crippen molar-refractivity contribution < 1.29 is 4.42 Å². The van der Waals surface area contributed by atoms with E-state index in [0.717, 1.165) is 11.3 Å². The molecule has 0 unspecified atom stereocenters. The molecule has 15 heavy (non-hydrogen) atoms. The number of aromatic nitrogens is 1. The van der Waals surface area contributed by atoms with Gasteiger partial charge in [-0.3, -0.25) is 0 Å². The maximum Gasteiger partial charge on any atom is 0.208 e. The quantitative estimate of drug-likeness (QED) is 0.813. The highest BCUT2D eigenvalue weighted by molar-refractivity contribution is 5.62. The van der Waals surface area contributed by atoms with E-state index in [9.17, 15) is 0 Å². The van der Waals surface area contributed by atoms with Gasteiger partial charge >= 0.3 is 0 Å². The van der Waals surface area contributed by atoms with Gasteiger partial charge in [0.15, 0.2) is 5.76 Å². The van der Waals surface area contributed by atoms with Crippen LogP contribution in [0.4, 0.5) is 0 Å². The predicted molar refractivity (Wildman–Crippen MR) is 59.3 cm³/mol. The molecule has 2 rings (SSSR count). The van der Waals surface area contributed by atoms with Crippen molar-refractivity contribution in [3.8, 4) is 11.3 Å². The molecular weight excluding hydrogens is 188 g/mol. The molecule has 3 heteroatoms. The molecule has 0 aliphatic heterocycles. The first-order chi connectivity index (χ1) is 7.20. The fourth-order valence-corrected chi connectivity index (χ4v) is 1.53. The standard InChI is InChI=1S/C12H14N2O/c1-8-3-4-9(2)10(5-8)11-7-14-12(6-13)15-11/h3-5,7H,6,13H2,1-2H3. The van der Waals surface area contributed by atoms with Crippen LogP contribution in [-0.4, -0.2) is 4.98 Å². The van der Waals surface area contributed by atoms with E-state index < -0.39 is 0 Å². The van der Waals surface area contributed by atoms with Crippen molar-refractivity contribution in [2.75, 3.05) is 0 Å². The van der Waals surface area contributed by atoms with Gasteiger partial charge in [-0.1, -0.05) is 17.7 Å². The Morgan fingerprint density at radius 3 is 2.80 bits per heavy atom. The van der Waals surface area contributed by atoms with E-state index in [0.29, 0.717) is 12.4 Å². The summed E-state index contributed by atoms with van der Waals surface area (Å²) in [4.78, 5) is 4.09. The number of aryl methyl sites for hydroxylation is 2. The maximum absolute atomic E-state index is 5.52. The van der Waals surface area contributed by atoms with E-state index in [1.165, 1.54) is 11.1 Å². The van der Waals surface area contributed by atoms with Crippen LogP contribution < -0.4 is 5.73 Å². The van der Waals surface area contributed by atoms with Crippen molar-refractivity contribution in [1.82, 2.24) is 4.98 Å². The average Bonchev–Trinajstić information content (AvgIpc) is 2.70. The van der Waals surface area contributed by atoms with Gasteiger partial charge in [0.2, 0.25) is 5.89 Å². The van der Waals surface area contributed by atoms with Gasteiger partial charge in [0.25, 0.3) is 0 Å². The zero-order chi connectivity index (χ0) is 10.8. The van der Waals surface area contributed by atoms with E-state index in [-0.39, 0.29) is 0 Å². The zero-order valence-corrected chi connectivity index (χ0v) is 8.95. The second-order valence-corrected chi connectivity index (χ2v) is 3.64. The monoisotopic (exact) mass is 202 g/mol. The Labute approximate surface area is 88.9 Å². The molecule has 1 aromatic heterocycles. The lowest BCUT2D eigenvalue weighted by atomic mass is 10.0. The summed E-state index contributed by atoms with van der Waals surface area (Å²) in [6, 6.07) is 6.25. The van der Waals surface area contributed by atoms with Crippen molar-refractivity contribution in [3.05, 3.63) is 41.4 Å². The Balaban J connectivity index is 2.48. The number of nitrogens with zero attached hydrogens (tertiary/aromatic N) is 1. The third kappa shape index (κ3) is 1.92. The molecule has 2 aromatic rings. The Hall–Kier alpha value is -1.61. The molecule has 3 nitrogen and oxygen atoms in total. The van der Waals surface area contributed by atoms with Crippen LogP contribution in [-0.2, 0) is 6.54 Å². The minimum atomic E-state index is 0.338. The molecule has 0 saturated carbocycles. The second kappa shape index (κ2) is 3.87. The van der Waals surface area contributed by atoms with Gasteiger partial charge in [-0.15, -0.1) is 0 Å². The Morgan fingerprint density at radius 1 is 1.33 bits per heavy atom. The van der Waals surface area contributed by atoms with E-state index >= 15 is 0 Å². The van der Waals surface area contributed by atoms with E-state index in [4.69, 9.17) is 10.2 Å². The lowest BCUT2D eigenvalue weighted by molar-refractivity contribution is 0.509. The summed E-state index contributed by atoms with van der Waals surface area (Å²) >= 11 is 0. The van der Waals surface area contributed by atoms with E-state index in [1.54, 1.807) is 6.20 Å². The lowest BCUT2D eigenvalue weighted by Gasteiger charge is -2.02. The Kier molecular flexibility index (Phi) is 2.56. The van der Waals surface area contributed by atoms with Crippen molar-refractivity contribution in [2.24, 2.45) is 5.73 Å². The van der Waals surface area contributed by atoms with Crippen molar-refractivity contribution in [2.45, 2.75) is 20.4 Å². The van der Waals surface area contributed by atoms with Crippen LogP contribution in [0, 0.1) is 13.8 Å². The molecule has 0 aliphatic carbocycles. The molecule has 0 amide bonds. The van der Waals surface area contributed by atoms with Crippen LogP contribution in [0.15, 0.2) is 28.8 Å². The first kappa shape index (κ1) is 9.93. The molecule has 0 bridgehead atoms. The third-order valence-electron chi connectivity index (χ3n) is 2.39. The molecule has 0 atom stereocenters. The molecule has 0 spiro atoms. The number of rotatable bonds is 2. The van der Waals surface area contributed by atoms with Gasteiger partial charge in [-0.25, -0.2) is 4.98 Å². The lowest BCUT2D eigenvalue weighted by Crippen LogP contribution is -1.94. The first-order valence-electron chi connectivity index (χ1n) is 4.93. The van der Waals surface area contributed by atoms with Crippen LogP contribution in [0.5, 0.6) is 0 Å². The van der Waals surface area contributed by atoms with Crippen LogP contribution in [0.25, 0.3) is 11.3 Å². The number of benzene rings is 1. The van der Waals surface area contributed by atoms with Gasteiger partial charge in [-0.05, 0) is 25.5 Å². The fraction of sp³-hybridized carbons (Fsp3) is 0.250. The summed E-state index contributed by atoms with van der Waals surface area (Å²) in [6.45, 7) is 4.45. The third-order valence-corrected chi connectivity index (χ3v) is 2.39. The molecule has 78 valence electrons. The molecule has 0 aliphatic rings. The van der Waals surface area contributed by atoms with Crippen LogP contribution >= 0.6 is 0 Å².